The van der Waals surface area contributed by atoms with E-state index in [4.69, 9.17) is 4.74 Å². The van der Waals surface area contributed by atoms with E-state index in [-0.39, 0.29) is 11.9 Å². The van der Waals surface area contributed by atoms with Gasteiger partial charge in [-0.05, 0) is 70.9 Å². The summed E-state index contributed by atoms with van der Waals surface area (Å²) in [6, 6.07) is 17.9. The van der Waals surface area contributed by atoms with Gasteiger partial charge in [0, 0.05) is 22.6 Å². The van der Waals surface area contributed by atoms with Gasteiger partial charge in [-0.15, -0.1) is 0 Å². The van der Waals surface area contributed by atoms with E-state index < -0.39 is 0 Å². The van der Waals surface area contributed by atoms with Crippen molar-refractivity contribution in [1.82, 2.24) is 4.98 Å². The van der Waals surface area contributed by atoms with Crippen LogP contribution in [0.15, 0.2) is 77.5 Å². The van der Waals surface area contributed by atoms with Gasteiger partial charge in [-0.2, -0.15) is 0 Å². The van der Waals surface area contributed by atoms with Crippen molar-refractivity contribution < 1.29 is 14.3 Å². The molecule has 0 fully saturated rings. The second-order valence-corrected chi connectivity index (χ2v) is 6.85. The number of ether oxygens (including phenoxy) is 1. The van der Waals surface area contributed by atoms with Crippen molar-refractivity contribution in [3.05, 3.63) is 94.2 Å². The van der Waals surface area contributed by atoms with Crippen LogP contribution < -0.4 is 4.90 Å². The van der Waals surface area contributed by atoms with E-state index >= 15 is 0 Å². The lowest BCUT2D eigenvalue weighted by Gasteiger charge is -2.24. The molecule has 0 N–H and O–H groups in total. The predicted octanol–water partition coefficient (Wildman–Crippen LogP) is 4.87. The summed E-state index contributed by atoms with van der Waals surface area (Å²) >= 11 is 3.45. The van der Waals surface area contributed by atoms with Gasteiger partial charge in [0.25, 0.3) is 5.91 Å². The molecule has 0 bridgehead atoms. The lowest BCUT2D eigenvalue weighted by Crippen LogP contribution is -2.30. The van der Waals surface area contributed by atoms with Crippen molar-refractivity contribution in [1.29, 1.82) is 0 Å². The third-order valence-electron chi connectivity index (χ3n) is 4.10. The number of nitrogens with zero attached hydrogens (tertiary/aromatic N) is 2. The normalized spacial score (nSPS) is 10.4. The highest BCUT2D eigenvalue weighted by Crippen LogP contribution is 2.24. The molecule has 1 aromatic heterocycles. The Morgan fingerprint density at radius 3 is 2.43 bits per heavy atom. The smallest absolute Gasteiger partial charge is 0.338 e. The van der Waals surface area contributed by atoms with Crippen LogP contribution in [0.3, 0.4) is 0 Å². The highest BCUT2D eigenvalue weighted by atomic mass is 79.9. The van der Waals surface area contributed by atoms with Crippen LogP contribution in [-0.2, 0) is 11.3 Å². The molecule has 1 amide bonds. The first-order chi connectivity index (χ1) is 13.6. The molecule has 0 saturated heterocycles. The fraction of sp³-hybridized carbons (Fsp3) is 0.136. The number of benzene rings is 2. The fourth-order valence-electron chi connectivity index (χ4n) is 2.73. The van der Waals surface area contributed by atoms with Gasteiger partial charge in [0.05, 0.1) is 24.3 Å². The minimum atomic E-state index is -0.384. The summed E-state index contributed by atoms with van der Waals surface area (Å²) in [7, 11) is 0. The average Bonchev–Trinajstić information content (AvgIpc) is 2.73. The molecule has 142 valence electrons. The van der Waals surface area contributed by atoms with Gasteiger partial charge in [0.15, 0.2) is 0 Å². The molecule has 1 heterocycles. The lowest BCUT2D eigenvalue weighted by molar-refractivity contribution is 0.0526. The monoisotopic (exact) mass is 438 g/mol. The van der Waals surface area contributed by atoms with Crippen molar-refractivity contribution >= 4 is 33.5 Å². The van der Waals surface area contributed by atoms with Crippen LogP contribution in [0.4, 0.5) is 5.69 Å². The Bertz CT molecular complexity index is 959. The molecule has 0 radical (unpaired) electrons. The third-order valence-corrected chi connectivity index (χ3v) is 4.79. The van der Waals surface area contributed by atoms with Gasteiger partial charge in [0.1, 0.15) is 0 Å². The number of carbonyl (C=O) groups excluding carboxylic acids is 2. The summed E-state index contributed by atoms with van der Waals surface area (Å²) in [5.41, 5.74) is 2.58. The molecule has 0 aliphatic rings. The maximum atomic E-state index is 13.3. The molecule has 6 heteroatoms. The molecule has 0 aliphatic carbocycles. The summed E-state index contributed by atoms with van der Waals surface area (Å²) in [5.74, 6) is -0.537. The van der Waals surface area contributed by atoms with E-state index in [9.17, 15) is 9.59 Å². The molecule has 2 aromatic carbocycles. The number of pyridine rings is 1. The zero-order chi connectivity index (χ0) is 19.9. The van der Waals surface area contributed by atoms with E-state index in [0.29, 0.717) is 30.0 Å². The summed E-state index contributed by atoms with van der Waals surface area (Å²) in [5, 5.41) is 0. The number of rotatable bonds is 6. The zero-order valence-electron chi connectivity index (χ0n) is 15.3. The fourth-order valence-corrected chi connectivity index (χ4v) is 3.18. The molecule has 3 rings (SSSR count). The second-order valence-electron chi connectivity index (χ2n) is 6.00. The first kappa shape index (κ1) is 19.8. The third kappa shape index (κ3) is 4.64. The van der Waals surface area contributed by atoms with E-state index in [0.717, 1.165) is 10.0 Å². The number of aromatic nitrogens is 1. The van der Waals surface area contributed by atoms with E-state index in [1.165, 1.54) is 0 Å². The Kier molecular flexibility index (Phi) is 6.55. The zero-order valence-corrected chi connectivity index (χ0v) is 16.9. The molecule has 3 aromatic rings. The van der Waals surface area contributed by atoms with Gasteiger partial charge in [-0.25, -0.2) is 4.79 Å². The number of hydrogen-bond donors (Lipinski definition) is 0. The van der Waals surface area contributed by atoms with Crippen LogP contribution >= 0.6 is 15.9 Å². The second kappa shape index (κ2) is 9.28. The molecule has 28 heavy (non-hydrogen) atoms. The van der Waals surface area contributed by atoms with Crippen LogP contribution in [-0.4, -0.2) is 23.5 Å². The standard InChI is InChI=1S/C22H19BrN2O3/c1-2-28-22(27)17-9-11-18(12-10-17)25(15-16-6-5-13-24-14-16)21(26)19-7-3-4-8-20(19)23/h3-14H,2,15H2,1H3. The van der Waals surface area contributed by atoms with Gasteiger partial charge in [0.2, 0.25) is 0 Å². The van der Waals surface area contributed by atoms with Gasteiger partial charge in [-0.3, -0.25) is 9.78 Å². The lowest BCUT2D eigenvalue weighted by atomic mass is 10.1. The number of anilines is 1. The summed E-state index contributed by atoms with van der Waals surface area (Å²) in [6.45, 7) is 2.43. The summed E-state index contributed by atoms with van der Waals surface area (Å²) in [4.78, 5) is 31.0. The van der Waals surface area contributed by atoms with Crippen molar-refractivity contribution in [3.63, 3.8) is 0 Å². The minimum Gasteiger partial charge on any atom is -0.462 e. The quantitative estimate of drug-likeness (QED) is 0.515. The van der Waals surface area contributed by atoms with Gasteiger partial charge in [-0.1, -0.05) is 18.2 Å². The highest BCUT2D eigenvalue weighted by Gasteiger charge is 2.21. The number of amides is 1. The van der Waals surface area contributed by atoms with Crippen molar-refractivity contribution in [2.75, 3.05) is 11.5 Å². The Labute approximate surface area is 172 Å². The molecule has 5 nitrogen and oxygen atoms in total. The van der Waals surface area contributed by atoms with Gasteiger partial charge >= 0.3 is 5.97 Å². The van der Waals surface area contributed by atoms with Crippen molar-refractivity contribution in [3.8, 4) is 0 Å². The molecular weight excluding hydrogens is 420 g/mol. The number of carbonyl (C=O) groups is 2. The number of halogens is 1. The number of esters is 1. The maximum Gasteiger partial charge on any atom is 0.338 e. The summed E-state index contributed by atoms with van der Waals surface area (Å²) < 4.78 is 5.74. The minimum absolute atomic E-state index is 0.153. The Hall–Kier alpha value is -2.99. The number of hydrogen-bond acceptors (Lipinski definition) is 4. The van der Waals surface area contributed by atoms with Crippen molar-refractivity contribution in [2.24, 2.45) is 0 Å². The van der Waals surface area contributed by atoms with E-state index in [2.05, 4.69) is 20.9 Å². The van der Waals surface area contributed by atoms with Gasteiger partial charge < -0.3 is 9.64 Å². The molecule has 0 aliphatic heterocycles. The maximum absolute atomic E-state index is 13.3. The average molecular weight is 439 g/mol. The Morgan fingerprint density at radius 2 is 1.79 bits per heavy atom. The summed E-state index contributed by atoms with van der Waals surface area (Å²) in [6.07, 6.45) is 3.42. The molecule has 0 spiro atoms. The van der Waals surface area contributed by atoms with E-state index in [1.54, 1.807) is 54.5 Å². The molecule has 0 unspecified atom stereocenters. The van der Waals surface area contributed by atoms with Crippen molar-refractivity contribution in [2.45, 2.75) is 13.5 Å². The first-order valence-corrected chi connectivity index (χ1v) is 9.62. The topological polar surface area (TPSA) is 59.5 Å². The molecular formula is C22H19BrN2O3. The van der Waals surface area contributed by atoms with Crippen LogP contribution in [0.5, 0.6) is 0 Å². The van der Waals surface area contributed by atoms with Crippen LogP contribution in [0.1, 0.15) is 33.2 Å². The molecule has 0 atom stereocenters. The SMILES string of the molecule is CCOC(=O)c1ccc(N(Cc2cccnc2)C(=O)c2ccccc2Br)cc1. The Balaban J connectivity index is 1.95. The molecule has 0 saturated carbocycles. The van der Waals surface area contributed by atoms with Crippen LogP contribution in [0.25, 0.3) is 0 Å². The highest BCUT2D eigenvalue weighted by molar-refractivity contribution is 9.10. The first-order valence-electron chi connectivity index (χ1n) is 8.82. The largest absolute Gasteiger partial charge is 0.462 e. The van der Waals surface area contributed by atoms with E-state index in [1.807, 2.05) is 30.3 Å². The van der Waals surface area contributed by atoms with Crippen LogP contribution in [0.2, 0.25) is 0 Å². The Morgan fingerprint density at radius 1 is 1.04 bits per heavy atom. The van der Waals surface area contributed by atoms with Crippen LogP contribution in [0, 0.1) is 0 Å². The predicted molar refractivity (Wildman–Crippen MR) is 111 cm³/mol.